The highest BCUT2D eigenvalue weighted by Crippen LogP contribution is 2.57. The summed E-state index contributed by atoms with van der Waals surface area (Å²) < 4.78 is 21.1. The molecule has 2 aromatic carbocycles. The quantitative estimate of drug-likeness (QED) is 0.606. The molecule has 176 valence electrons. The average molecular weight is 494 g/mol. The minimum atomic E-state index is -1.32. The summed E-state index contributed by atoms with van der Waals surface area (Å²) in [5, 5.41) is 13.8. The second-order valence-electron chi connectivity index (χ2n) is 9.09. The van der Waals surface area contributed by atoms with Crippen LogP contribution in [0.15, 0.2) is 36.4 Å². The number of nitrogens with zero attached hydrogens (tertiary/aromatic N) is 1. The van der Waals surface area contributed by atoms with Gasteiger partial charge in [0.25, 0.3) is 0 Å². The largest absolute Gasteiger partial charge is 0.395 e. The molecule has 3 aliphatic rings. The van der Waals surface area contributed by atoms with Crippen molar-refractivity contribution in [1.29, 1.82) is 0 Å². The molecular formula is C24H26Cl2FN3O3. The maximum Gasteiger partial charge on any atom is 0.250 e. The number of carbonyl (C=O) groups excluding carboxylic acids is 1. The molecule has 0 bridgehead atoms. The predicted octanol–water partition coefficient (Wildman–Crippen LogP) is 3.49. The van der Waals surface area contributed by atoms with Gasteiger partial charge in [-0.05, 0) is 42.5 Å². The van der Waals surface area contributed by atoms with Crippen LogP contribution in [0, 0.1) is 11.7 Å². The molecule has 3 heterocycles. The van der Waals surface area contributed by atoms with Gasteiger partial charge in [-0.2, -0.15) is 0 Å². The van der Waals surface area contributed by atoms with Crippen molar-refractivity contribution in [3.05, 3.63) is 63.4 Å². The van der Waals surface area contributed by atoms with Crippen LogP contribution in [0.1, 0.15) is 29.9 Å². The Labute approximate surface area is 201 Å². The van der Waals surface area contributed by atoms with Crippen LogP contribution < -0.4 is 11.1 Å². The average Bonchev–Trinajstić information content (AvgIpc) is 3.21. The molecule has 3 aliphatic heterocycles. The summed E-state index contributed by atoms with van der Waals surface area (Å²) in [6, 6.07) is 8.65. The molecule has 2 fully saturated rings. The van der Waals surface area contributed by atoms with Crippen LogP contribution in [0.4, 0.5) is 10.1 Å². The Kier molecular flexibility index (Phi) is 6.14. The van der Waals surface area contributed by atoms with Gasteiger partial charge in [0.2, 0.25) is 5.91 Å². The molecule has 2 saturated heterocycles. The zero-order chi connectivity index (χ0) is 23.3. The van der Waals surface area contributed by atoms with Gasteiger partial charge in [-0.1, -0.05) is 41.4 Å². The van der Waals surface area contributed by atoms with E-state index >= 15 is 4.39 Å². The zero-order valence-electron chi connectivity index (χ0n) is 17.9. The van der Waals surface area contributed by atoms with Gasteiger partial charge in [0.05, 0.1) is 18.2 Å². The Morgan fingerprint density at radius 2 is 2.12 bits per heavy atom. The Hall–Kier alpha value is -1.74. The number of hydrogen-bond acceptors (Lipinski definition) is 5. The fourth-order valence-corrected chi connectivity index (χ4v) is 6.31. The number of nitrogens with two attached hydrogens (primary N) is 1. The van der Waals surface area contributed by atoms with Gasteiger partial charge in [0.1, 0.15) is 11.4 Å². The SMILES string of the molecule is N[C@@H]1[C@H](CO)N(CC2CCCOC2)[C@@]2(C(=O)Nc3cc(Cl)ccc32)[C@H]1c1cccc(Cl)c1F. The molecule has 1 unspecified atom stereocenters. The van der Waals surface area contributed by atoms with Crippen molar-refractivity contribution in [2.75, 3.05) is 31.7 Å². The number of carbonyl (C=O) groups is 1. The summed E-state index contributed by atoms with van der Waals surface area (Å²) in [6.07, 6.45) is 1.86. The monoisotopic (exact) mass is 493 g/mol. The topological polar surface area (TPSA) is 87.8 Å². The van der Waals surface area contributed by atoms with Crippen molar-refractivity contribution in [2.45, 2.75) is 36.4 Å². The molecule has 1 amide bonds. The third-order valence-electron chi connectivity index (χ3n) is 7.33. The number of rotatable bonds is 4. The standard InChI is InChI=1S/C24H26Cl2FN3O3/c25-14-6-7-16-18(9-14)29-23(32)24(16)20(15-4-1-5-17(26)21(15)27)22(28)19(11-31)30(24)10-13-3-2-8-33-12-13/h1,4-7,9,13,19-20,22,31H,2-3,8,10-12,28H2,(H,29,32)/t13?,19-,20-,22+,24+/m0/s1. The normalized spacial score (nSPS) is 31.7. The number of aliphatic hydroxyl groups excluding tert-OH is 1. The van der Waals surface area contributed by atoms with Crippen molar-refractivity contribution < 1.29 is 19.0 Å². The molecule has 0 aromatic heterocycles. The van der Waals surface area contributed by atoms with Crippen LogP contribution in [0.5, 0.6) is 0 Å². The molecule has 2 aromatic rings. The number of benzene rings is 2. The Morgan fingerprint density at radius 1 is 1.30 bits per heavy atom. The lowest BCUT2D eigenvalue weighted by Gasteiger charge is -2.41. The predicted molar refractivity (Wildman–Crippen MR) is 125 cm³/mol. The van der Waals surface area contributed by atoms with E-state index in [0.29, 0.717) is 36.0 Å². The number of anilines is 1. The zero-order valence-corrected chi connectivity index (χ0v) is 19.5. The maximum absolute atomic E-state index is 15.4. The van der Waals surface area contributed by atoms with E-state index in [4.69, 9.17) is 33.7 Å². The van der Waals surface area contributed by atoms with Gasteiger partial charge in [-0.15, -0.1) is 0 Å². The van der Waals surface area contributed by atoms with Crippen molar-refractivity contribution in [2.24, 2.45) is 11.7 Å². The van der Waals surface area contributed by atoms with Crippen molar-refractivity contribution in [3.63, 3.8) is 0 Å². The van der Waals surface area contributed by atoms with Gasteiger partial charge in [0.15, 0.2) is 0 Å². The van der Waals surface area contributed by atoms with Crippen LogP contribution in [0.25, 0.3) is 0 Å². The van der Waals surface area contributed by atoms with Gasteiger partial charge in [-0.25, -0.2) is 4.39 Å². The van der Waals surface area contributed by atoms with Gasteiger partial charge in [-0.3, -0.25) is 9.69 Å². The molecule has 1 spiro atoms. The minimum absolute atomic E-state index is 0.0377. The highest BCUT2D eigenvalue weighted by molar-refractivity contribution is 6.31. The Balaban J connectivity index is 1.73. The van der Waals surface area contributed by atoms with Crippen molar-refractivity contribution in [1.82, 2.24) is 4.90 Å². The number of amides is 1. The van der Waals surface area contributed by atoms with Crippen LogP contribution in [-0.2, 0) is 15.1 Å². The number of halogens is 3. The second kappa shape index (κ2) is 8.80. The third kappa shape index (κ3) is 3.49. The van der Waals surface area contributed by atoms with Gasteiger partial charge < -0.3 is 20.9 Å². The minimum Gasteiger partial charge on any atom is -0.395 e. The van der Waals surface area contributed by atoms with E-state index in [0.717, 1.165) is 12.8 Å². The van der Waals surface area contributed by atoms with Gasteiger partial charge >= 0.3 is 0 Å². The first kappa shape index (κ1) is 23.0. The van der Waals surface area contributed by atoms with Crippen LogP contribution in [0.3, 0.4) is 0 Å². The molecule has 0 saturated carbocycles. The first-order valence-corrected chi connectivity index (χ1v) is 11.9. The van der Waals surface area contributed by atoms with Crippen LogP contribution >= 0.6 is 23.2 Å². The number of hydrogen-bond donors (Lipinski definition) is 3. The van der Waals surface area contributed by atoms with E-state index in [2.05, 4.69) is 5.32 Å². The van der Waals surface area contributed by atoms with E-state index in [1.165, 1.54) is 6.07 Å². The lowest BCUT2D eigenvalue weighted by molar-refractivity contribution is -0.129. The fourth-order valence-electron chi connectivity index (χ4n) is 5.96. The summed E-state index contributed by atoms with van der Waals surface area (Å²) in [4.78, 5) is 15.9. The summed E-state index contributed by atoms with van der Waals surface area (Å²) in [6.45, 7) is 1.48. The summed E-state index contributed by atoms with van der Waals surface area (Å²) in [5.74, 6) is -1.54. The first-order valence-electron chi connectivity index (χ1n) is 11.2. The lowest BCUT2D eigenvalue weighted by atomic mass is 9.73. The smallest absolute Gasteiger partial charge is 0.250 e. The number of fused-ring (bicyclic) bond motifs is 2. The molecule has 0 radical (unpaired) electrons. The van der Waals surface area contributed by atoms with E-state index in [1.54, 1.807) is 30.3 Å². The Morgan fingerprint density at radius 3 is 2.85 bits per heavy atom. The van der Waals surface area contributed by atoms with Crippen LogP contribution in [0.2, 0.25) is 10.0 Å². The van der Waals surface area contributed by atoms with Crippen molar-refractivity contribution >= 4 is 34.8 Å². The summed E-state index contributed by atoms with van der Waals surface area (Å²) in [7, 11) is 0. The Bertz CT molecular complexity index is 1080. The molecule has 4 N–H and O–H groups in total. The number of aliphatic hydroxyl groups is 1. The van der Waals surface area contributed by atoms with Gasteiger partial charge in [0, 0.05) is 47.4 Å². The van der Waals surface area contributed by atoms with E-state index < -0.39 is 29.4 Å². The van der Waals surface area contributed by atoms with Crippen molar-refractivity contribution in [3.8, 4) is 0 Å². The highest BCUT2D eigenvalue weighted by Gasteiger charge is 2.66. The number of ether oxygens (including phenoxy) is 1. The lowest BCUT2D eigenvalue weighted by Crippen LogP contribution is -2.54. The van der Waals surface area contributed by atoms with Crippen LogP contribution in [-0.4, -0.2) is 54.4 Å². The summed E-state index contributed by atoms with van der Waals surface area (Å²) in [5.41, 5.74) is 6.91. The van der Waals surface area contributed by atoms with E-state index in [-0.39, 0.29) is 29.0 Å². The maximum atomic E-state index is 15.4. The van der Waals surface area contributed by atoms with E-state index in [1.807, 2.05) is 4.90 Å². The van der Waals surface area contributed by atoms with E-state index in [9.17, 15) is 9.90 Å². The molecule has 9 heteroatoms. The first-order chi connectivity index (χ1) is 15.9. The fraction of sp³-hybridized carbons (Fsp3) is 0.458. The molecule has 6 nitrogen and oxygen atoms in total. The second-order valence-corrected chi connectivity index (χ2v) is 9.94. The highest BCUT2D eigenvalue weighted by atomic mass is 35.5. The number of nitrogens with one attached hydrogen (secondary N) is 1. The molecule has 5 rings (SSSR count). The third-order valence-corrected chi connectivity index (χ3v) is 7.86. The molecule has 5 atom stereocenters. The summed E-state index contributed by atoms with van der Waals surface area (Å²) >= 11 is 12.4. The molecule has 33 heavy (non-hydrogen) atoms. The molecule has 0 aliphatic carbocycles. The molecular weight excluding hydrogens is 468 g/mol. The number of likely N-dealkylation sites (tertiary alicyclic amines) is 1.